The van der Waals surface area contributed by atoms with Gasteiger partial charge in [-0.25, -0.2) is 19.3 Å². The summed E-state index contributed by atoms with van der Waals surface area (Å²) < 4.78 is 21.7. The smallest absolute Gasteiger partial charge is 0.250 e. The standard InChI is InChI=1S/C26H29FN6O2/c1-32-22(17-4-6-26(7-5-17)8-11-33(12-9-26)10-3-13-34)20(21-23(28)30-16-31-24(21)32)18-14-19(27)25(35-2)29-15-18/h3-4,10,13-16H,5-9,11-12H2,1-2H3,(H2,28,30,31). The van der Waals surface area contributed by atoms with Gasteiger partial charge in [0.1, 0.15) is 24.1 Å². The van der Waals surface area contributed by atoms with Crippen molar-refractivity contribution in [2.75, 3.05) is 25.9 Å². The van der Waals surface area contributed by atoms with Crippen molar-refractivity contribution in [1.82, 2.24) is 24.4 Å². The number of likely N-dealkylation sites (tertiary alicyclic amines) is 1. The van der Waals surface area contributed by atoms with Crippen LogP contribution in [0.2, 0.25) is 0 Å². The number of nitrogens with two attached hydrogens (primary N) is 1. The number of allylic oxidation sites excluding steroid dienone is 3. The monoisotopic (exact) mass is 476 g/mol. The number of aromatic nitrogens is 4. The van der Waals surface area contributed by atoms with Crippen LogP contribution < -0.4 is 10.5 Å². The fourth-order valence-electron chi connectivity index (χ4n) is 5.56. The highest BCUT2D eigenvalue weighted by Gasteiger charge is 2.36. The number of hydrogen-bond donors (Lipinski definition) is 1. The third-order valence-electron chi connectivity index (χ3n) is 7.53. The van der Waals surface area contributed by atoms with Crippen LogP contribution in [0.5, 0.6) is 5.88 Å². The molecular weight excluding hydrogens is 447 g/mol. The number of anilines is 1. The predicted molar refractivity (Wildman–Crippen MR) is 133 cm³/mol. The predicted octanol–water partition coefficient (Wildman–Crippen LogP) is 4.12. The van der Waals surface area contributed by atoms with Gasteiger partial charge in [-0.1, -0.05) is 6.08 Å². The molecule has 9 heteroatoms. The fourth-order valence-corrected chi connectivity index (χ4v) is 5.56. The van der Waals surface area contributed by atoms with Crippen LogP contribution in [-0.4, -0.2) is 50.9 Å². The number of carbonyl (C=O) groups is 1. The number of carbonyl (C=O) groups excluding carboxylic acids is 1. The average molecular weight is 477 g/mol. The number of nitrogens with zero attached hydrogens (tertiary/aromatic N) is 5. The van der Waals surface area contributed by atoms with Crippen molar-refractivity contribution in [2.24, 2.45) is 12.5 Å². The van der Waals surface area contributed by atoms with Gasteiger partial charge in [0, 0.05) is 43.7 Å². The lowest BCUT2D eigenvalue weighted by molar-refractivity contribution is -0.104. The highest BCUT2D eigenvalue weighted by molar-refractivity contribution is 6.05. The molecule has 0 aromatic carbocycles. The molecular formula is C26H29FN6O2. The maximum Gasteiger partial charge on any atom is 0.250 e. The first-order valence-corrected chi connectivity index (χ1v) is 11.8. The van der Waals surface area contributed by atoms with E-state index in [0.29, 0.717) is 22.4 Å². The van der Waals surface area contributed by atoms with E-state index in [1.165, 1.54) is 25.1 Å². The summed E-state index contributed by atoms with van der Waals surface area (Å²) in [4.78, 5) is 25.7. The zero-order valence-electron chi connectivity index (χ0n) is 20.0. The molecule has 35 heavy (non-hydrogen) atoms. The largest absolute Gasteiger partial charge is 0.479 e. The number of piperidine rings is 1. The fraction of sp³-hybridized carbons (Fsp3) is 0.385. The molecule has 1 fully saturated rings. The highest BCUT2D eigenvalue weighted by atomic mass is 19.1. The molecule has 0 amide bonds. The topological polar surface area (TPSA) is 99.2 Å². The molecule has 8 nitrogen and oxygen atoms in total. The molecule has 2 N–H and O–H groups in total. The van der Waals surface area contributed by atoms with E-state index in [4.69, 9.17) is 10.5 Å². The first kappa shape index (κ1) is 23.0. The molecule has 182 valence electrons. The van der Waals surface area contributed by atoms with E-state index in [-0.39, 0.29) is 11.3 Å². The molecule has 1 saturated heterocycles. The molecule has 0 unspecified atom stereocenters. The minimum atomic E-state index is -0.532. The van der Waals surface area contributed by atoms with Crippen molar-refractivity contribution in [3.05, 3.63) is 48.5 Å². The Morgan fingerprint density at radius 1 is 1.20 bits per heavy atom. The summed E-state index contributed by atoms with van der Waals surface area (Å²) in [6, 6.07) is 1.43. The third kappa shape index (κ3) is 4.05. The second-order valence-corrected chi connectivity index (χ2v) is 9.40. The molecule has 1 aliphatic heterocycles. The Morgan fingerprint density at radius 3 is 2.66 bits per heavy atom. The Hall–Kier alpha value is -3.75. The zero-order valence-corrected chi connectivity index (χ0v) is 20.0. The minimum absolute atomic E-state index is 0.0482. The van der Waals surface area contributed by atoms with Crippen LogP contribution in [-0.2, 0) is 11.8 Å². The first-order chi connectivity index (χ1) is 17.0. The molecule has 1 spiro atoms. The van der Waals surface area contributed by atoms with E-state index in [2.05, 4.69) is 25.9 Å². The number of rotatable bonds is 5. The number of nitrogen functional groups attached to an aromatic ring is 1. The number of methoxy groups -OCH3 is 1. The van der Waals surface area contributed by atoms with E-state index in [1.807, 2.05) is 17.8 Å². The lowest BCUT2D eigenvalue weighted by Gasteiger charge is -2.43. The Bertz CT molecular complexity index is 1340. The van der Waals surface area contributed by atoms with Gasteiger partial charge in [-0.3, -0.25) is 4.79 Å². The van der Waals surface area contributed by atoms with E-state index < -0.39 is 5.82 Å². The summed E-state index contributed by atoms with van der Waals surface area (Å²) in [7, 11) is 3.36. The van der Waals surface area contributed by atoms with Gasteiger partial charge in [-0.2, -0.15) is 0 Å². The lowest BCUT2D eigenvalue weighted by atomic mass is 9.68. The number of ether oxygens (including phenoxy) is 1. The Balaban J connectivity index is 1.54. The van der Waals surface area contributed by atoms with E-state index >= 15 is 0 Å². The van der Waals surface area contributed by atoms with Crippen molar-refractivity contribution in [3.8, 4) is 17.0 Å². The van der Waals surface area contributed by atoms with Gasteiger partial charge in [-0.15, -0.1) is 0 Å². The van der Waals surface area contributed by atoms with E-state index in [1.54, 1.807) is 12.3 Å². The number of halogens is 1. The van der Waals surface area contributed by atoms with Crippen molar-refractivity contribution in [3.63, 3.8) is 0 Å². The third-order valence-corrected chi connectivity index (χ3v) is 7.53. The van der Waals surface area contributed by atoms with Gasteiger partial charge in [0.05, 0.1) is 18.2 Å². The van der Waals surface area contributed by atoms with E-state index in [0.717, 1.165) is 62.7 Å². The highest BCUT2D eigenvalue weighted by Crippen LogP contribution is 2.48. The molecule has 1 aliphatic carbocycles. The van der Waals surface area contributed by atoms with Crippen molar-refractivity contribution in [2.45, 2.75) is 32.1 Å². The van der Waals surface area contributed by atoms with Crippen LogP contribution in [0.3, 0.4) is 0 Å². The lowest BCUT2D eigenvalue weighted by Crippen LogP contribution is -2.38. The normalized spacial score (nSPS) is 17.8. The molecule has 2 aliphatic rings. The van der Waals surface area contributed by atoms with Gasteiger partial charge in [0.15, 0.2) is 5.82 Å². The number of aryl methyl sites for hydroxylation is 1. The summed E-state index contributed by atoms with van der Waals surface area (Å²) in [5, 5.41) is 0.702. The summed E-state index contributed by atoms with van der Waals surface area (Å²) in [5.74, 6) is -0.227. The summed E-state index contributed by atoms with van der Waals surface area (Å²) in [5.41, 5.74) is 10.9. The van der Waals surface area contributed by atoms with Crippen LogP contribution >= 0.6 is 0 Å². The summed E-state index contributed by atoms with van der Waals surface area (Å²) in [6.07, 6.45) is 14.8. The van der Waals surface area contributed by atoms with E-state index in [9.17, 15) is 9.18 Å². The number of hydrogen-bond acceptors (Lipinski definition) is 7. The van der Waals surface area contributed by atoms with Gasteiger partial charge in [0.2, 0.25) is 5.88 Å². The number of fused-ring (bicyclic) bond motifs is 1. The maximum absolute atomic E-state index is 14.7. The van der Waals surface area contributed by atoms with Crippen molar-refractivity contribution in [1.29, 1.82) is 0 Å². The van der Waals surface area contributed by atoms with Crippen LogP contribution in [0.15, 0.2) is 36.9 Å². The van der Waals surface area contributed by atoms with Crippen molar-refractivity contribution >= 4 is 28.7 Å². The summed E-state index contributed by atoms with van der Waals surface area (Å²) >= 11 is 0. The minimum Gasteiger partial charge on any atom is -0.479 e. The van der Waals surface area contributed by atoms with Gasteiger partial charge in [-0.05, 0) is 55.2 Å². The van der Waals surface area contributed by atoms with Crippen LogP contribution in [0, 0.1) is 11.2 Å². The molecule has 0 bridgehead atoms. The molecule has 0 radical (unpaired) electrons. The Labute approximate surface area is 203 Å². The number of aldehydes is 1. The summed E-state index contributed by atoms with van der Waals surface area (Å²) in [6.45, 7) is 1.91. The second kappa shape index (κ2) is 9.13. The average Bonchev–Trinajstić information content (AvgIpc) is 3.18. The first-order valence-electron chi connectivity index (χ1n) is 11.8. The van der Waals surface area contributed by atoms with Gasteiger partial charge in [0.25, 0.3) is 0 Å². The second-order valence-electron chi connectivity index (χ2n) is 9.40. The Morgan fingerprint density at radius 2 is 2.00 bits per heavy atom. The maximum atomic E-state index is 14.7. The molecule has 0 atom stereocenters. The number of pyridine rings is 1. The van der Waals surface area contributed by atoms with Gasteiger partial charge < -0.3 is 19.9 Å². The molecule has 0 saturated carbocycles. The van der Waals surface area contributed by atoms with Crippen LogP contribution in [0.25, 0.3) is 27.7 Å². The molecule has 3 aromatic rings. The Kier molecular flexibility index (Phi) is 6.00. The zero-order chi connectivity index (χ0) is 24.6. The van der Waals surface area contributed by atoms with Gasteiger partial charge >= 0.3 is 0 Å². The molecule has 4 heterocycles. The SMILES string of the molecule is COc1ncc(-c2c(C3=CCC4(CC3)CCN(C=CC=O)CC4)n(C)c3ncnc(N)c23)cc1F. The molecule has 3 aromatic heterocycles. The van der Waals surface area contributed by atoms with Crippen molar-refractivity contribution < 1.29 is 13.9 Å². The molecule has 5 rings (SSSR count). The quantitative estimate of drug-likeness (QED) is 0.437. The van der Waals surface area contributed by atoms with Crippen LogP contribution in [0.4, 0.5) is 10.2 Å². The van der Waals surface area contributed by atoms with Crippen LogP contribution in [0.1, 0.15) is 37.8 Å².